The molecule has 1 unspecified atom stereocenters. The second-order valence-electron chi connectivity index (χ2n) is 6.63. The number of piperidine rings is 1. The van der Waals surface area contributed by atoms with Gasteiger partial charge in [-0.25, -0.2) is 4.98 Å². The van der Waals surface area contributed by atoms with Crippen molar-refractivity contribution in [1.82, 2.24) is 30.5 Å². The number of aromatic nitrogens is 5. The predicted molar refractivity (Wildman–Crippen MR) is 112 cm³/mol. The summed E-state index contributed by atoms with van der Waals surface area (Å²) in [5, 5.41) is 13.8. The summed E-state index contributed by atoms with van der Waals surface area (Å²) < 4.78 is 11.3. The van der Waals surface area contributed by atoms with Gasteiger partial charge in [-0.15, -0.1) is 0 Å². The molecule has 1 atom stereocenters. The molecule has 0 aromatic carbocycles. The molecular formula is C20H27N7O2. The average Bonchev–Trinajstić information content (AvgIpc) is 3.17. The lowest BCUT2D eigenvalue weighted by atomic mass is 10.1. The van der Waals surface area contributed by atoms with Crippen LogP contribution in [0.15, 0.2) is 30.6 Å². The van der Waals surface area contributed by atoms with Gasteiger partial charge in [0.25, 0.3) is 0 Å². The van der Waals surface area contributed by atoms with E-state index in [1.165, 1.54) is 0 Å². The molecule has 0 saturated carbocycles. The van der Waals surface area contributed by atoms with Gasteiger partial charge in [-0.2, -0.15) is 10.1 Å². The van der Waals surface area contributed by atoms with Crippen molar-refractivity contribution in [3.05, 3.63) is 36.3 Å². The van der Waals surface area contributed by atoms with Crippen molar-refractivity contribution in [2.24, 2.45) is 0 Å². The molecule has 3 aromatic heterocycles. The minimum Gasteiger partial charge on any atom is -0.480 e. The molecule has 9 heteroatoms. The number of rotatable bonds is 6. The zero-order valence-electron chi connectivity index (χ0n) is 15.9. The first-order chi connectivity index (χ1) is 13.7. The van der Waals surface area contributed by atoms with Crippen molar-refractivity contribution >= 4 is 11.6 Å². The summed E-state index contributed by atoms with van der Waals surface area (Å²) in [5.41, 5.74) is 2.42. The highest BCUT2D eigenvalue weighted by molar-refractivity contribution is 5.69. The van der Waals surface area contributed by atoms with Crippen LogP contribution in [0.2, 0.25) is 0 Å². The molecule has 0 bridgehead atoms. The van der Waals surface area contributed by atoms with E-state index in [1.807, 2.05) is 25.1 Å². The molecule has 0 amide bonds. The highest BCUT2D eigenvalue weighted by Gasteiger charge is 2.16. The first kappa shape index (κ1) is 20.5. The summed E-state index contributed by atoms with van der Waals surface area (Å²) in [7, 11) is 1.60. The summed E-state index contributed by atoms with van der Waals surface area (Å²) in [6.07, 6.45) is 5.51. The van der Waals surface area contributed by atoms with Gasteiger partial charge in [0.05, 0.1) is 30.8 Å². The Balaban J connectivity index is 0.00000240. The van der Waals surface area contributed by atoms with Gasteiger partial charge in [0.15, 0.2) is 5.82 Å². The first-order valence-electron chi connectivity index (χ1n) is 9.25. The quantitative estimate of drug-likeness (QED) is 0.582. The van der Waals surface area contributed by atoms with Crippen molar-refractivity contribution in [3.63, 3.8) is 0 Å². The van der Waals surface area contributed by atoms with Crippen LogP contribution in [0.3, 0.4) is 0 Å². The first-order valence-corrected chi connectivity index (χ1v) is 9.25. The number of hydrogen-bond donors (Lipinski definition) is 3. The number of ether oxygens (including phenoxy) is 2. The Morgan fingerprint density at radius 3 is 2.90 bits per heavy atom. The lowest BCUT2D eigenvalue weighted by Gasteiger charge is -2.23. The van der Waals surface area contributed by atoms with Crippen molar-refractivity contribution in [3.8, 4) is 23.0 Å². The molecule has 9 nitrogen and oxygen atoms in total. The van der Waals surface area contributed by atoms with Crippen LogP contribution in [0.25, 0.3) is 11.3 Å². The summed E-state index contributed by atoms with van der Waals surface area (Å²) >= 11 is 0. The topological polar surface area (TPSA) is 110 Å². The molecule has 1 saturated heterocycles. The summed E-state index contributed by atoms with van der Waals surface area (Å²) in [4.78, 5) is 13.1. The van der Waals surface area contributed by atoms with Gasteiger partial charge >= 0.3 is 0 Å². The highest BCUT2D eigenvalue weighted by atomic mass is 16.5. The third-order valence-corrected chi connectivity index (χ3v) is 4.46. The van der Waals surface area contributed by atoms with E-state index in [9.17, 15) is 0 Å². The van der Waals surface area contributed by atoms with E-state index >= 15 is 0 Å². The van der Waals surface area contributed by atoms with Gasteiger partial charge in [-0.3, -0.25) is 10.1 Å². The molecule has 3 N–H and O–H groups in total. The zero-order valence-corrected chi connectivity index (χ0v) is 15.9. The minimum atomic E-state index is 0. The van der Waals surface area contributed by atoms with Crippen LogP contribution in [0.5, 0.6) is 11.8 Å². The van der Waals surface area contributed by atoms with E-state index in [-0.39, 0.29) is 13.5 Å². The molecule has 0 radical (unpaired) electrons. The molecule has 3 aromatic rings. The molecule has 4 rings (SSSR count). The van der Waals surface area contributed by atoms with Gasteiger partial charge in [0.2, 0.25) is 11.8 Å². The standard InChI is InChI=1S/C19H23N7O2.CH4/c1-12-5-6-14(19(22-12)27-2)15-8-16(26-25-15)23-17-10-21-11-18(24-17)28-13-4-3-7-20-9-13;/h5-6,8,10-11,13,20H,3-4,7,9H2,1-2H3,(H2,23,24,25,26);1H4. The van der Waals surface area contributed by atoms with Gasteiger partial charge in [-0.1, -0.05) is 7.43 Å². The Labute approximate surface area is 170 Å². The van der Waals surface area contributed by atoms with Gasteiger partial charge in [0.1, 0.15) is 11.9 Å². The number of aromatic amines is 1. The fourth-order valence-corrected chi connectivity index (χ4v) is 3.10. The third kappa shape index (κ3) is 5.00. The van der Waals surface area contributed by atoms with E-state index < -0.39 is 0 Å². The monoisotopic (exact) mass is 397 g/mol. The predicted octanol–water partition coefficient (Wildman–Crippen LogP) is 3.09. The summed E-state index contributed by atoms with van der Waals surface area (Å²) in [6.45, 7) is 3.78. The summed E-state index contributed by atoms with van der Waals surface area (Å²) in [6, 6.07) is 5.73. The maximum absolute atomic E-state index is 5.92. The lowest BCUT2D eigenvalue weighted by Crippen LogP contribution is -2.37. The zero-order chi connectivity index (χ0) is 19.3. The van der Waals surface area contributed by atoms with Crippen LogP contribution in [0.1, 0.15) is 26.0 Å². The highest BCUT2D eigenvalue weighted by Crippen LogP contribution is 2.29. The lowest BCUT2D eigenvalue weighted by molar-refractivity contribution is 0.160. The second-order valence-corrected chi connectivity index (χ2v) is 6.63. The SMILES string of the molecule is C.COc1nc(C)ccc1-c1cc(Nc2cncc(OC3CCCNC3)n2)[nH]n1. The van der Waals surface area contributed by atoms with Gasteiger partial charge in [0, 0.05) is 18.3 Å². The number of H-pyrrole nitrogens is 1. The third-order valence-electron chi connectivity index (χ3n) is 4.46. The fraction of sp³-hybridized carbons (Fsp3) is 0.400. The van der Waals surface area contributed by atoms with E-state index in [0.29, 0.717) is 23.4 Å². The van der Waals surface area contributed by atoms with Gasteiger partial charge < -0.3 is 20.1 Å². The molecule has 1 aliphatic heterocycles. The number of nitrogens with one attached hydrogen (secondary N) is 3. The van der Waals surface area contributed by atoms with Gasteiger partial charge in [-0.05, 0) is 38.4 Å². The molecule has 0 spiro atoms. The van der Waals surface area contributed by atoms with E-state index in [4.69, 9.17) is 9.47 Å². The number of anilines is 2. The van der Waals surface area contributed by atoms with Crippen molar-refractivity contribution in [2.45, 2.75) is 33.3 Å². The van der Waals surface area contributed by atoms with Crippen LogP contribution in [0.4, 0.5) is 11.6 Å². The van der Waals surface area contributed by atoms with E-state index in [2.05, 4.69) is 35.8 Å². The van der Waals surface area contributed by atoms with Crippen molar-refractivity contribution in [2.75, 3.05) is 25.5 Å². The Morgan fingerprint density at radius 2 is 2.10 bits per heavy atom. The van der Waals surface area contributed by atoms with E-state index in [0.717, 1.165) is 42.9 Å². The normalized spacial score (nSPS) is 16.0. The molecular weight excluding hydrogens is 370 g/mol. The molecule has 0 aliphatic carbocycles. The number of hydrogen-bond acceptors (Lipinski definition) is 8. The maximum Gasteiger partial charge on any atom is 0.234 e. The van der Waals surface area contributed by atoms with Crippen LogP contribution in [-0.2, 0) is 0 Å². The van der Waals surface area contributed by atoms with Crippen LogP contribution < -0.4 is 20.1 Å². The molecule has 1 fully saturated rings. The Morgan fingerprint density at radius 1 is 1.21 bits per heavy atom. The van der Waals surface area contributed by atoms with Crippen LogP contribution in [0, 0.1) is 6.92 Å². The smallest absolute Gasteiger partial charge is 0.234 e. The second kappa shape index (κ2) is 9.33. The molecule has 1 aliphatic rings. The fourth-order valence-electron chi connectivity index (χ4n) is 3.10. The number of aryl methyl sites for hydroxylation is 1. The van der Waals surface area contributed by atoms with Crippen molar-refractivity contribution in [1.29, 1.82) is 0 Å². The van der Waals surface area contributed by atoms with Crippen molar-refractivity contribution < 1.29 is 9.47 Å². The largest absolute Gasteiger partial charge is 0.480 e. The number of nitrogens with zero attached hydrogens (tertiary/aromatic N) is 4. The Kier molecular flexibility index (Phi) is 6.61. The number of methoxy groups -OCH3 is 1. The average molecular weight is 397 g/mol. The number of pyridine rings is 1. The molecule has 4 heterocycles. The van der Waals surface area contributed by atoms with E-state index in [1.54, 1.807) is 19.5 Å². The molecule has 29 heavy (non-hydrogen) atoms. The molecule has 154 valence electrons. The summed E-state index contributed by atoms with van der Waals surface area (Å²) in [5.74, 6) is 2.30. The Bertz CT molecular complexity index is 938. The Hall–Kier alpha value is -3.20. The van der Waals surface area contributed by atoms with Crippen LogP contribution >= 0.6 is 0 Å². The van der Waals surface area contributed by atoms with Crippen LogP contribution in [-0.4, -0.2) is 51.5 Å². The minimum absolute atomic E-state index is 0. The maximum atomic E-state index is 5.92.